The lowest BCUT2D eigenvalue weighted by Crippen LogP contribution is -2.28. The van der Waals surface area contributed by atoms with Gasteiger partial charge in [0.15, 0.2) is 5.78 Å². The maximum absolute atomic E-state index is 11.5. The molecule has 0 N–H and O–H groups in total. The number of ketones is 1. The van der Waals surface area contributed by atoms with Crippen molar-refractivity contribution in [3.05, 3.63) is 50.1 Å². The van der Waals surface area contributed by atoms with Gasteiger partial charge in [0, 0.05) is 32.5 Å². The molecule has 0 radical (unpaired) electrons. The van der Waals surface area contributed by atoms with E-state index in [2.05, 4.69) is 44.4 Å². The summed E-state index contributed by atoms with van der Waals surface area (Å²) in [5.74, 6) is 0.145. The van der Waals surface area contributed by atoms with Crippen LogP contribution in [0.3, 0.4) is 0 Å². The van der Waals surface area contributed by atoms with Crippen molar-refractivity contribution in [3.63, 3.8) is 0 Å². The third-order valence-electron chi connectivity index (χ3n) is 3.67. The lowest BCUT2D eigenvalue weighted by atomic mass is 9.98. The molecule has 0 saturated heterocycles. The van der Waals surface area contributed by atoms with E-state index in [9.17, 15) is 4.79 Å². The van der Waals surface area contributed by atoms with E-state index >= 15 is 0 Å². The van der Waals surface area contributed by atoms with Crippen LogP contribution in [-0.2, 0) is 13.0 Å². The van der Waals surface area contributed by atoms with Crippen molar-refractivity contribution in [2.24, 2.45) is 0 Å². The first-order chi connectivity index (χ1) is 9.63. The van der Waals surface area contributed by atoms with E-state index in [4.69, 9.17) is 0 Å². The number of thiophene rings is 1. The van der Waals surface area contributed by atoms with E-state index in [0.717, 1.165) is 36.0 Å². The molecule has 0 atom stereocenters. The van der Waals surface area contributed by atoms with Crippen LogP contribution in [0.25, 0.3) is 0 Å². The zero-order valence-electron chi connectivity index (χ0n) is 11.4. The highest BCUT2D eigenvalue weighted by molar-refractivity contribution is 9.10. The summed E-state index contributed by atoms with van der Waals surface area (Å²) in [6.45, 7) is 3.66. The summed E-state index contributed by atoms with van der Waals surface area (Å²) in [7, 11) is 0. The second-order valence-corrected chi connectivity index (χ2v) is 7.07. The number of fused-ring (bicyclic) bond motifs is 1. The number of aryl methyl sites for hydroxylation is 1. The molecule has 104 valence electrons. The topological polar surface area (TPSA) is 20.3 Å². The largest absolute Gasteiger partial charge is 0.366 e. The quantitative estimate of drug-likeness (QED) is 0.750. The Labute approximate surface area is 131 Å². The smallest absolute Gasteiger partial charge is 0.159 e. The second-order valence-electron chi connectivity index (χ2n) is 5.16. The predicted molar refractivity (Wildman–Crippen MR) is 87.8 cm³/mol. The molecule has 1 aliphatic rings. The fourth-order valence-corrected chi connectivity index (χ4v) is 4.15. The molecule has 2 nitrogen and oxygen atoms in total. The first-order valence-electron chi connectivity index (χ1n) is 6.75. The summed E-state index contributed by atoms with van der Waals surface area (Å²) >= 11 is 5.29. The van der Waals surface area contributed by atoms with Crippen LogP contribution in [0.5, 0.6) is 0 Å². The molecule has 0 fully saturated rings. The van der Waals surface area contributed by atoms with Crippen molar-refractivity contribution in [2.75, 3.05) is 11.4 Å². The molecule has 4 heteroatoms. The highest BCUT2D eigenvalue weighted by atomic mass is 79.9. The van der Waals surface area contributed by atoms with E-state index in [1.807, 2.05) is 6.07 Å². The molecular weight excluding hydrogens is 334 g/mol. The van der Waals surface area contributed by atoms with Gasteiger partial charge in [0.2, 0.25) is 0 Å². The number of anilines is 1. The number of nitrogens with zero attached hydrogens (tertiary/aromatic N) is 1. The zero-order valence-corrected chi connectivity index (χ0v) is 13.8. The Bertz CT molecular complexity index is 650. The third kappa shape index (κ3) is 2.81. The first-order valence-corrected chi connectivity index (χ1v) is 8.42. The highest BCUT2D eigenvalue weighted by Crippen LogP contribution is 2.31. The number of hydrogen-bond donors (Lipinski definition) is 0. The molecule has 1 aliphatic heterocycles. The lowest BCUT2D eigenvalue weighted by molar-refractivity contribution is 0.101. The Balaban J connectivity index is 1.88. The minimum absolute atomic E-state index is 0.145. The van der Waals surface area contributed by atoms with E-state index in [-0.39, 0.29) is 5.78 Å². The number of Topliss-reactive ketones (excluding diaryl/α,β-unsaturated/α-hetero) is 1. The normalized spacial score (nSPS) is 14.2. The van der Waals surface area contributed by atoms with E-state index in [1.54, 1.807) is 18.3 Å². The molecule has 0 unspecified atom stereocenters. The molecule has 2 heterocycles. The van der Waals surface area contributed by atoms with Crippen LogP contribution in [0.15, 0.2) is 34.1 Å². The number of halogens is 1. The van der Waals surface area contributed by atoms with E-state index in [1.165, 1.54) is 16.1 Å². The van der Waals surface area contributed by atoms with Crippen molar-refractivity contribution >= 4 is 38.7 Å². The standard InChI is InChI=1S/C16H16BrNOS/c1-11(19)12-4-5-16-13(7-12)3-2-6-18(16)9-15-8-14(17)10-20-15/h4-5,7-8,10H,2-3,6,9H2,1H3. The summed E-state index contributed by atoms with van der Waals surface area (Å²) in [6.07, 6.45) is 2.22. The Kier molecular flexibility index (Phi) is 3.94. The van der Waals surface area contributed by atoms with Gasteiger partial charge >= 0.3 is 0 Å². The molecule has 0 spiro atoms. The first kappa shape index (κ1) is 13.8. The van der Waals surface area contributed by atoms with Gasteiger partial charge in [-0.05, 0) is 65.5 Å². The van der Waals surface area contributed by atoms with Gasteiger partial charge < -0.3 is 4.90 Å². The van der Waals surface area contributed by atoms with Crippen LogP contribution < -0.4 is 4.90 Å². The minimum Gasteiger partial charge on any atom is -0.366 e. The Morgan fingerprint density at radius 2 is 2.25 bits per heavy atom. The van der Waals surface area contributed by atoms with Gasteiger partial charge in [-0.3, -0.25) is 4.79 Å². The van der Waals surface area contributed by atoms with Crippen molar-refractivity contribution < 1.29 is 4.79 Å². The Morgan fingerprint density at radius 1 is 1.40 bits per heavy atom. The number of hydrogen-bond acceptors (Lipinski definition) is 3. The van der Waals surface area contributed by atoms with Gasteiger partial charge in [0.05, 0.1) is 6.54 Å². The number of carbonyl (C=O) groups is 1. The van der Waals surface area contributed by atoms with E-state index in [0.29, 0.717) is 0 Å². The minimum atomic E-state index is 0.145. The average molecular weight is 350 g/mol. The van der Waals surface area contributed by atoms with Crippen LogP contribution in [0.1, 0.15) is 34.1 Å². The average Bonchev–Trinajstić information content (AvgIpc) is 2.84. The predicted octanol–water partition coefficient (Wildman–Crippen LogP) is 4.67. The number of benzene rings is 1. The van der Waals surface area contributed by atoms with E-state index < -0.39 is 0 Å². The maximum atomic E-state index is 11.5. The second kappa shape index (κ2) is 5.70. The van der Waals surface area contributed by atoms with Crippen LogP contribution in [0.2, 0.25) is 0 Å². The van der Waals surface area contributed by atoms with Crippen LogP contribution in [0, 0.1) is 0 Å². The molecule has 1 aromatic heterocycles. The molecule has 20 heavy (non-hydrogen) atoms. The molecule has 0 amide bonds. The van der Waals surface area contributed by atoms with Crippen LogP contribution in [0.4, 0.5) is 5.69 Å². The van der Waals surface area contributed by atoms with Gasteiger partial charge in [-0.2, -0.15) is 0 Å². The van der Waals surface area contributed by atoms with Gasteiger partial charge in [-0.15, -0.1) is 11.3 Å². The van der Waals surface area contributed by atoms with Gasteiger partial charge in [-0.25, -0.2) is 0 Å². The lowest BCUT2D eigenvalue weighted by Gasteiger charge is -2.31. The van der Waals surface area contributed by atoms with Crippen molar-refractivity contribution in [1.82, 2.24) is 0 Å². The fraction of sp³-hybridized carbons (Fsp3) is 0.312. The zero-order chi connectivity index (χ0) is 14.1. The van der Waals surface area contributed by atoms with Crippen molar-refractivity contribution in [1.29, 1.82) is 0 Å². The van der Waals surface area contributed by atoms with Crippen LogP contribution in [-0.4, -0.2) is 12.3 Å². The summed E-state index contributed by atoms with van der Waals surface area (Å²) in [5, 5.41) is 2.12. The molecule has 0 aliphatic carbocycles. The molecule has 2 aromatic rings. The fourth-order valence-electron chi connectivity index (χ4n) is 2.68. The maximum Gasteiger partial charge on any atom is 0.159 e. The van der Waals surface area contributed by atoms with Crippen molar-refractivity contribution in [3.8, 4) is 0 Å². The van der Waals surface area contributed by atoms with Gasteiger partial charge in [-0.1, -0.05) is 0 Å². The monoisotopic (exact) mass is 349 g/mol. The highest BCUT2D eigenvalue weighted by Gasteiger charge is 2.18. The molecular formula is C16H16BrNOS. The summed E-state index contributed by atoms with van der Waals surface area (Å²) in [4.78, 5) is 15.3. The van der Waals surface area contributed by atoms with Gasteiger partial charge in [0.25, 0.3) is 0 Å². The summed E-state index contributed by atoms with van der Waals surface area (Å²) in [6, 6.07) is 8.30. The Hall–Kier alpha value is -1.13. The SMILES string of the molecule is CC(=O)c1ccc2c(c1)CCCN2Cc1cc(Br)cs1. The summed E-state index contributed by atoms with van der Waals surface area (Å²) < 4.78 is 1.15. The number of rotatable bonds is 3. The molecule has 0 saturated carbocycles. The molecule has 0 bridgehead atoms. The molecule has 1 aromatic carbocycles. The van der Waals surface area contributed by atoms with Gasteiger partial charge in [0.1, 0.15) is 0 Å². The van der Waals surface area contributed by atoms with Crippen molar-refractivity contribution in [2.45, 2.75) is 26.3 Å². The third-order valence-corrected chi connectivity index (χ3v) is 5.35. The Morgan fingerprint density at radius 3 is 2.95 bits per heavy atom. The summed E-state index contributed by atoms with van der Waals surface area (Å²) in [5.41, 5.74) is 3.41. The van der Waals surface area contributed by atoms with Crippen LogP contribution >= 0.6 is 27.3 Å². The number of carbonyl (C=O) groups excluding carboxylic acids is 1. The molecule has 3 rings (SSSR count).